The van der Waals surface area contributed by atoms with Gasteiger partial charge in [-0.05, 0) is 37.0 Å². The lowest BCUT2D eigenvalue weighted by atomic mass is 10.2. The lowest BCUT2D eigenvalue weighted by molar-refractivity contribution is 0.0951. The van der Waals surface area contributed by atoms with Crippen LogP contribution in [0.2, 0.25) is 5.02 Å². The average molecular weight is 293 g/mol. The zero-order chi connectivity index (χ0) is 13.2. The van der Waals surface area contributed by atoms with Gasteiger partial charge in [0.25, 0.3) is 5.91 Å². The normalized spacial score (nSPS) is 13.3. The summed E-state index contributed by atoms with van der Waals surface area (Å²) >= 11 is 7.74. The zero-order valence-electron chi connectivity index (χ0n) is 10.3. The Morgan fingerprint density at radius 2 is 2.37 bits per heavy atom. The van der Waals surface area contributed by atoms with E-state index in [1.807, 2.05) is 0 Å². The van der Waals surface area contributed by atoms with Gasteiger partial charge in [-0.2, -0.15) is 0 Å². The maximum Gasteiger partial charge on any atom is 0.253 e. The molecule has 1 aliphatic rings. The molecule has 3 rings (SSSR count). The molecule has 5 heteroatoms. The highest BCUT2D eigenvalue weighted by atomic mass is 35.5. The minimum absolute atomic E-state index is 0.152. The van der Waals surface area contributed by atoms with Gasteiger partial charge in [0.05, 0.1) is 17.1 Å². The number of hydrogen-bond acceptors (Lipinski definition) is 3. The molecule has 0 aliphatic heterocycles. The predicted molar refractivity (Wildman–Crippen MR) is 76.8 cm³/mol. The molecule has 2 aromatic rings. The molecule has 98 valence electrons. The van der Waals surface area contributed by atoms with Crippen molar-refractivity contribution in [2.45, 2.75) is 25.8 Å². The Morgan fingerprint density at radius 1 is 1.47 bits per heavy atom. The summed E-state index contributed by atoms with van der Waals surface area (Å²) in [5.74, 6) is -0.152. The van der Waals surface area contributed by atoms with Crippen LogP contribution in [0, 0.1) is 0 Å². The second-order valence-electron chi connectivity index (χ2n) is 4.55. The smallest absolute Gasteiger partial charge is 0.253 e. The van der Waals surface area contributed by atoms with Crippen molar-refractivity contribution >= 4 is 28.8 Å². The first kappa shape index (κ1) is 12.6. The summed E-state index contributed by atoms with van der Waals surface area (Å²) < 4.78 is 0. The van der Waals surface area contributed by atoms with Crippen LogP contribution in [0.1, 0.15) is 32.1 Å². The number of pyridine rings is 1. The van der Waals surface area contributed by atoms with E-state index in [1.54, 1.807) is 23.6 Å². The van der Waals surface area contributed by atoms with E-state index in [9.17, 15) is 4.79 Å². The number of aryl methyl sites for hydroxylation is 2. The molecular formula is C14H13ClN2OS. The van der Waals surface area contributed by atoms with Gasteiger partial charge in [-0.25, -0.2) is 0 Å². The molecule has 1 N–H and O–H groups in total. The second-order valence-corrected chi connectivity index (χ2v) is 6.18. The lowest BCUT2D eigenvalue weighted by Crippen LogP contribution is -2.22. The Hall–Kier alpha value is -1.39. The summed E-state index contributed by atoms with van der Waals surface area (Å²) in [5, 5.41) is 3.29. The standard InChI is InChI=1S/C14H13ClN2OS/c15-12-8-16-5-4-11(12)14(18)17-7-10-6-9-2-1-3-13(9)19-10/h4-6,8H,1-3,7H2,(H,17,18). The van der Waals surface area contributed by atoms with Crippen molar-refractivity contribution in [2.75, 3.05) is 0 Å². The molecule has 0 saturated heterocycles. The van der Waals surface area contributed by atoms with Crippen LogP contribution < -0.4 is 5.32 Å². The predicted octanol–water partition coefficient (Wildman–Crippen LogP) is 3.22. The summed E-state index contributed by atoms with van der Waals surface area (Å²) in [7, 11) is 0. The number of aromatic nitrogens is 1. The van der Waals surface area contributed by atoms with Gasteiger partial charge in [0.15, 0.2) is 0 Å². The Balaban J connectivity index is 1.66. The molecular weight excluding hydrogens is 280 g/mol. The third-order valence-electron chi connectivity index (χ3n) is 3.24. The number of rotatable bonds is 3. The van der Waals surface area contributed by atoms with Gasteiger partial charge in [-0.1, -0.05) is 11.6 Å². The summed E-state index contributed by atoms with van der Waals surface area (Å²) in [5.41, 5.74) is 1.93. The van der Waals surface area contributed by atoms with Crippen molar-refractivity contribution < 1.29 is 4.79 Å². The molecule has 0 saturated carbocycles. The molecule has 1 aliphatic carbocycles. The van der Waals surface area contributed by atoms with Crippen molar-refractivity contribution in [1.29, 1.82) is 0 Å². The molecule has 0 bridgehead atoms. The average Bonchev–Trinajstić information content (AvgIpc) is 2.97. The monoisotopic (exact) mass is 292 g/mol. The topological polar surface area (TPSA) is 42.0 Å². The number of thiophene rings is 1. The van der Waals surface area contributed by atoms with E-state index in [1.165, 1.54) is 40.8 Å². The van der Waals surface area contributed by atoms with Gasteiger partial charge < -0.3 is 5.32 Å². The fourth-order valence-corrected chi connectivity index (χ4v) is 3.71. The number of carbonyl (C=O) groups excluding carboxylic acids is 1. The number of nitrogens with zero attached hydrogens (tertiary/aromatic N) is 1. The van der Waals surface area contributed by atoms with Crippen molar-refractivity contribution in [1.82, 2.24) is 10.3 Å². The first-order valence-electron chi connectivity index (χ1n) is 6.22. The van der Waals surface area contributed by atoms with E-state index in [0.717, 1.165) is 0 Å². The number of carbonyl (C=O) groups is 1. The first-order chi connectivity index (χ1) is 9.24. The van der Waals surface area contributed by atoms with Crippen molar-refractivity contribution in [3.63, 3.8) is 0 Å². The highest BCUT2D eigenvalue weighted by Gasteiger charge is 2.15. The van der Waals surface area contributed by atoms with Crippen LogP contribution in [0.5, 0.6) is 0 Å². The number of halogens is 1. The lowest BCUT2D eigenvalue weighted by Gasteiger charge is -2.04. The SMILES string of the molecule is O=C(NCc1cc2c(s1)CCC2)c1ccncc1Cl. The Kier molecular flexibility index (Phi) is 3.53. The van der Waals surface area contributed by atoms with Crippen LogP contribution in [0.25, 0.3) is 0 Å². The third-order valence-corrected chi connectivity index (χ3v) is 4.78. The summed E-state index contributed by atoms with van der Waals surface area (Å²) in [6, 6.07) is 3.84. The molecule has 3 nitrogen and oxygen atoms in total. The Morgan fingerprint density at radius 3 is 3.16 bits per heavy atom. The number of hydrogen-bond donors (Lipinski definition) is 1. The van der Waals surface area contributed by atoms with E-state index in [4.69, 9.17) is 11.6 Å². The van der Waals surface area contributed by atoms with E-state index in [0.29, 0.717) is 17.1 Å². The van der Waals surface area contributed by atoms with E-state index in [2.05, 4.69) is 16.4 Å². The van der Waals surface area contributed by atoms with Gasteiger partial charge in [-0.3, -0.25) is 9.78 Å². The first-order valence-corrected chi connectivity index (χ1v) is 7.41. The molecule has 0 aromatic carbocycles. The van der Waals surface area contributed by atoms with E-state index >= 15 is 0 Å². The molecule has 0 spiro atoms. The minimum atomic E-state index is -0.152. The van der Waals surface area contributed by atoms with Crippen LogP contribution in [0.3, 0.4) is 0 Å². The van der Waals surface area contributed by atoms with Crippen LogP contribution in [0.15, 0.2) is 24.5 Å². The van der Waals surface area contributed by atoms with Crippen molar-refractivity contribution in [3.05, 3.63) is 50.4 Å². The highest BCUT2D eigenvalue weighted by molar-refractivity contribution is 7.12. The number of nitrogens with one attached hydrogen (secondary N) is 1. The molecule has 0 atom stereocenters. The molecule has 2 heterocycles. The minimum Gasteiger partial charge on any atom is -0.347 e. The van der Waals surface area contributed by atoms with Gasteiger partial charge in [0, 0.05) is 22.1 Å². The summed E-state index contributed by atoms with van der Waals surface area (Å²) in [6.45, 7) is 0.565. The van der Waals surface area contributed by atoms with Gasteiger partial charge >= 0.3 is 0 Å². The van der Waals surface area contributed by atoms with E-state index in [-0.39, 0.29) is 5.91 Å². The van der Waals surface area contributed by atoms with Crippen molar-refractivity contribution in [3.8, 4) is 0 Å². The van der Waals surface area contributed by atoms with Crippen LogP contribution >= 0.6 is 22.9 Å². The highest BCUT2D eigenvalue weighted by Crippen LogP contribution is 2.30. The Bertz CT molecular complexity index is 602. The number of fused-ring (bicyclic) bond motifs is 1. The largest absolute Gasteiger partial charge is 0.347 e. The molecule has 0 radical (unpaired) electrons. The van der Waals surface area contributed by atoms with Crippen LogP contribution in [-0.4, -0.2) is 10.9 Å². The molecule has 0 fully saturated rings. The maximum absolute atomic E-state index is 12.0. The maximum atomic E-state index is 12.0. The van der Waals surface area contributed by atoms with E-state index < -0.39 is 0 Å². The zero-order valence-corrected chi connectivity index (χ0v) is 11.9. The number of amides is 1. The Labute approximate surface area is 120 Å². The van der Waals surface area contributed by atoms with Gasteiger partial charge in [0.2, 0.25) is 0 Å². The van der Waals surface area contributed by atoms with Crippen molar-refractivity contribution in [2.24, 2.45) is 0 Å². The third kappa shape index (κ3) is 2.65. The molecule has 0 unspecified atom stereocenters. The summed E-state index contributed by atoms with van der Waals surface area (Å²) in [6.07, 6.45) is 6.68. The second kappa shape index (κ2) is 5.31. The molecule has 19 heavy (non-hydrogen) atoms. The quantitative estimate of drug-likeness (QED) is 0.944. The fraction of sp³-hybridized carbons (Fsp3) is 0.286. The summed E-state index contributed by atoms with van der Waals surface area (Å²) in [4.78, 5) is 18.6. The van der Waals surface area contributed by atoms with Gasteiger partial charge in [0.1, 0.15) is 0 Å². The fourth-order valence-electron chi connectivity index (χ4n) is 2.30. The van der Waals surface area contributed by atoms with Crippen LogP contribution in [-0.2, 0) is 19.4 Å². The molecule has 1 amide bonds. The van der Waals surface area contributed by atoms with Crippen LogP contribution in [0.4, 0.5) is 0 Å². The molecule has 2 aromatic heterocycles. The van der Waals surface area contributed by atoms with Gasteiger partial charge in [-0.15, -0.1) is 11.3 Å².